The van der Waals surface area contributed by atoms with Crippen molar-refractivity contribution in [1.29, 1.82) is 0 Å². The van der Waals surface area contributed by atoms with Crippen LogP contribution in [-0.2, 0) is 6.54 Å². The second-order valence-corrected chi connectivity index (χ2v) is 6.58. The number of benzene rings is 1. The van der Waals surface area contributed by atoms with Gasteiger partial charge >= 0.3 is 0 Å². The normalized spacial score (nSPS) is 15.8. The topological polar surface area (TPSA) is 34.1 Å². The zero-order valence-corrected chi connectivity index (χ0v) is 13.9. The molecule has 1 fully saturated rings. The quantitative estimate of drug-likeness (QED) is 0.888. The number of hydrogen-bond donors (Lipinski definition) is 1. The maximum Gasteiger partial charge on any atom is 0.145 e. The molecule has 0 radical (unpaired) electrons. The summed E-state index contributed by atoms with van der Waals surface area (Å²) in [5.41, 5.74) is 3.46. The smallest absolute Gasteiger partial charge is 0.145 e. The summed E-state index contributed by atoms with van der Waals surface area (Å²) in [6, 6.07) is 9.14. The maximum absolute atomic E-state index is 5.51. The number of hydrogen-bond acceptors (Lipinski definition) is 3. The molecular formula is C19H26N2O. The SMILES string of the molecule is COc1cccc2c(CNC3CCCC3)cc(C(C)C)nc12. The van der Waals surface area contributed by atoms with E-state index in [1.807, 2.05) is 6.07 Å². The maximum atomic E-state index is 5.51. The van der Waals surface area contributed by atoms with Gasteiger partial charge in [-0.2, -0.15) is 0 Å². The van der Waals surface area contributed by atoms with Gasteiger partial charge in [-0.3, -0.25) is 0 Å². The highest BCUT2D eigenvalue weighted by molar-refractivity contribution is 5.87. The Kier molecular flexibility index (Phi) is 4.63. The van der Waals surface area contributed by atoms with Crippen molar-refractivity contribution in [2.75, 3.05) is 7.11 Å². The van der Waals surface area contributed by atoms with Crippen molar-refractivity contribution in [2.45, 2.75) is 58.0 Å². The van der Waals surface area contributed by atoms with Gasteiger partial charge in [0, 0.05) is 23.7 Å². The molecule has 0 saturated heterocycles. The van der Waals surface area contributed by atoms with Crippen molar-refractivity contribution >= 4 is 10.9 Å². The van der Waals surface area contributed by atoms with E-state index in [9.17, 15) is 0 Å². The summed E-state index contributed by atoms with van der Waals surface area (Å²) < 4.78 is 5.51. The first-order valence-corrected chi connectivity index (χ1v) is 8.39. The van der Waals surface area contributed by atoms with Gasteiger partial charge in [-0.25, -0.2) is 4.98 Å². The van der Waals surface area contributed by atoms with Crippen molar-refractivity contribution < 1.29 is 4.74 Å². The van der Waals surface area contributed by atoms with E-state index < -0.39 is 0 Å². The van der Waals surface area contributed by atoms with Crippen molar-refractivity contribution in [3.8, 4) is 5.75 Å². The van der Waals surface area contributed by atoms with E-state index in [1.54, 1.807) is 7.11 Å². The van der Waals surface area contributed by atoms with E-state index in [2.05, 4.69) is 37.4 Å². The summed E-state index contributed by atoms with van der Waals surface area (Å²) in [7, 11) is 1.72. The van der Waals surface area contributed by atoms with Crippen LogP contribution in [0, 0.1) is 0 Å². The predicted octanol–water partition coefficient (Wildman–Crippen LogP) is 4.40. The summed E-state index contributed by atoms with van der Waals surface area (Å²) in [5.74, 6) is 1.28. The third kappa shape index (κ3) is 3.09. The van der Waals surface area contributed by atoms with Crippen LogP contribution >= 0.6 is 0 Å². The molecule has 1 aromatic heterocycles. The molecule has 3 heteroatoms. The molecule has 1 aromatic carbocycles. The lowest BCUT2D eigenvalue weighted by atomic mass is 10.0. The molecule has 3 nitrogen and oxygen atoms in total. The zero-order valence-electron chi connectivity index (χ0n) is 13.9. The van der Waals surface area contributed by atoms with E-state index in [4.69, 9.17) is 9.72 Å². The molecule has 0 unspecified atom stereocenters. The first-order valence-electron chi connectivity index (χ1n) is 8.39. The van der Waals surface area contributed by atoms with E-state index in [1.165, 1.54) is 36.6 Å². The number of para-hydroxylation sites is 1. The Labute approximate surface area is 133 Å². The number of methoxy groups -OCH3 is 1. The highest BCUT2D eigenvalue weighted by Crippen LogP contribution is 2.29. The van der Waals surface area contributed by atoms with Gasteiger partial charge in [0.25, 0.3) is 0 Å². The summed E-state index contributed by atoms with van der Waals surface area (Å²) >= 11 is 0. The highest BCUT2D eigenvalue weighted by atomic mass is 16.5. The molecule has 0 spiro atoms. The van der Waals surface area contributed by atoms with Gasteiger partial charge in [-0.1, -0.05) is 38.8 Å². The molecule has 0 amide bonds. The van der Waals surface area contributed by atoms with Gasteiger partial charge in [0.1, 0.15) is 11.3 Å². The van der Waals surface area contributed by atoms with Gasteiger partial charge in [0.15, 0.2) is 0 Å². The first-order chi connectivity index (χ1) is 10.7. The Morgan fingerprint density at radius 3 is 2.73 bits per heavy atom. The van der Waals surface area contributed by atoms with Crippen molar-refractivity contribution in [1.82, 2.24) is 10.3 Å². The second-order valence-electron chi connectivity index (χ2n) is 6.58. The molecule has 118 valence electrons. The second kappa shape index (κ2) is 6.66. The highest BCUT2D eigenvalue weighted by Gasteiger charge is 2.16. The Morgan fingerprint density at radius 1 is 1.27 bits per heavy atom. The molecule has 1 aliphatic rings. The molecule has 0 aliphatic heterocycles. The fourth-order valence-corrected chi connectivity index (χ4v) is 3.31. The zero-order chi connectivity index (χ0) is 15.5. The third-order valence-electron chi connectivity index (χ3n) is 4.66. The lowest BCUT2D eigenvalue weighted by Crippen LogP contribution is -2.25. The van der Waals surface area contributed by atoms with Crippen LogP contribution in [0.15, 0.2) is 24.3 Å². The number of nitrogens with zero attached hydrogens (tertiary/aromatic N) is 1. The summed E-state index contributed by atoms with van der Waals surface area (Å²) in [5, 5.41) is 4.93. The van der Waals surface area contributed by atoms with Gasteiger partial charge in [0.05, 0.1) is 7.11 Å². The third-order valence-corrected chi connectivity index (χ3v) is 4.66. The fourth-order valence-electron chi connectivity index (χ4n) is 3.31. The van der Waals surface area contributed by atoms with Crippen LogP contribution in [0.4, 0.5) is 0 Å². The van der Waals surface area contributed by atoms with Crippen LogP contribution in [-0.4, -0.2) is 18.1 Å². The van der Waals surface area contributed by atoms with Crippen molar-refractivity contribution in [3.63, 3.8) is 0 Å². The Balaban J connectivity index is 1.98. The van der Waals surface area contributed by atoms with Crippen LogP contribution in [0.5, 0.6) is 5.75 Å². The number of fused-ring (bicyclic) bond motifs is 1. The predicted molar refractivity (Wildman–Crippen MR) is 91.5 cm³/mol. The van der Waals surface area contributed by atoms with E-state index in [0.717, 1.165) is 23.5 Å². The number of aromatic nitrogens is 1. The van der Waals surface area contributed by atoms with Crippen LogP contribution in [0.3, 0.4) is 0 Å². The van der Waals surface area contributed by atoms with Crippen LogP contribution in [0.2, 0.25) is 0 Å². The van der Waals surface area contributed by atoms with Crippen LogP contribution < -0.4 is 10.1 Å². The number of rotatable bonds is 5. The standard InChI is InChI=1S/C19H26N2O/c1-13(2)17-11-14(12-20-15-7-4-5-8-15)16-9-6-10-18(22-3)19(16)21-17/h6,9-11,13,15,20H,4-5,7-8,12H2,1-3H3. The molecule has 1 saturated carbocycles. The van der Waals surface area contributed by atoms with Crippen LogP contribution in [0.25, 0.3) is 10.9 Å². The van der Waals surface area contributed by atoms with Gasteiger partial charge < -0.3 is 10.1 Å². The number of ether oxygens (including phenoxy) is 1. The fraction of sp³-hybridized carbons (Fsp3) is 0.526. The van der Waals surface area contributed by atoms with E-state index in [-0.39, 0.29) is 0 Å². The largest absolute Gasteiger partial charge is 0.494 e. The average Bonchev–Trinajstić information content (AvgIpc) is 3.05. The molecule has 1 heterocycles. The van der Waals surface area contributed by atoms with Crippen LogP contribution in [0.1, 0.15) is 56.7 Å². The molecule has 1 aliphatic carbocycles. The molecule has 1 N–H and O–H groups in total. The minimum absolute atomic E-state index is 0.416. The van der Waals surface area contributed by atoms with Crippen molar-refractivity contribution in [3.05, 3.63) is 35.5 Å². The minimum Gasteiger partial charge on any atom is -0.494 e. The van der Waals surface area contributed by atoms with E-state index >= 15 is 0 Å². The van der Waals surface area contributed by atoms with Crippen molar-refractivity contribution in [2.24, 2.45) is 0 Å². The minimum atomic E-state index is 0.416. The monoisotopic (exact) mass is 298 g/mol. The molecule has 22 heavy (non-hydrogen) atoms. The number of nitrogens with one attached hydrogen (secondary N) is 1. The lowest BCUT2D eigenvalue weighted by Gasteiger charge is -2.16. The Bertz CT molecular complexity index is 645. The van der Waals surface area contributed by atoms with Gasteiger partial charge in [-0.15, -0.1) is 0 Å². The van der Waals surface area contributed by atoms with Gasteiger partial charge in [-0.05, 0) is 36.5 Å². The summed E-state index contributed by atoms with van der Waals surface area (Å²) in [4.78, 5) is 4.83. The van der Waals surface area contributed by atoms with E-state index in [0.29, 0.717) is 12.0 Å². The van der Waals surface area contributed by atoms with Gasteiger partial charge in [0.2, 0.25) is 0 Å². The summed E-state index contributed by atoms with van der Waals surface area (Å²) in [6.45, 7) is 5.30. The molecule has 0 bridgehead atoms. The lowest BCUT2D eigenvalue weighted by molar-refractivity contribution is 0.418. The first kappa shape index (κ1) is 15.3. The molecular weight excluding hydrogens is 272 g/mol. The summed E-state index contributed by atoms with van der Waals surface area (Å²) in [6.07, 6.45) is 5.34. The Hall–Kier alpha value is -1.61. The molecule has 3 rings (SSSR count). The Morgan fingerprint density at radius 2 is 2.05 bits per heavy atom. The molecule has 0 atom stereocenters. The molecule has 2 aromatic rings. The number of pyridine rings is 1. The average molecular weight is 298 g/mol.